The van der Waals surface area contributed by atoms with Crippen molar-refractivity contribution in [1.82, 2.24) is 4.90 Å². The fraction of sp³-hybridized carbons (Fsp3) is 0.273. The molecule has 4 nitrogen and oxygen atoms in total. The van der Waals surface area contributed by atoms with E-state index in [0.717, 1.165) is 0 Å². The number of benzene rings is 2. The van der Waals surface area contributed by atoms with Crippen molar-refractivity contribution in [2.45, 2.75) is 31.7 Å². The van der Waals surface area contributed by atoms with Gasteiger partial charge in [-0.15, -0.1) is 0 Å². The van der Waals surface area contributed by atoms with Gasteiger partial charge < -0.3 is 9.64 Å². The number of esters is 1. The number of halogens is 3. The molecule has 3 rings (SSSR count). The molecule has 0 spiro atoms. The molecule has 2 aromatic rings. The summed E-state index contributed by atoms with van der Waals surface area (Å²) in [6, 6.07) is 10.7. The second-order valence-corrected chi connectivity index (χ2v) is 8.30. The van der Waals surface area contributed by atoms with Gasteiger partial charge in [0.05, 0.1) is 12.6 Å². The topological polar surface area (TPSA) is 46.6 Å². The predicted octanol–water partition coefficient (Wildman–Crippen LogP) is 5.22. The Morgan fingerprint density at radius 1 is 1.14 bits per heavy atom. The first-order chi connectivity index (χ1) is 13.6. The lowest BCUT2D eigenvalue weighted by Crippen LogP contribution is -2.51. The summed E-state index contributed by atoms with van der Waals surface area (Å²) >= 11 is 12.3. The fourth-order valence-electron chi connectivity index (χ4n) is 3.76. The van der Waals surface area contributed by atoms with Crippen molar-refractivity contribution in [3.63, 3.8) is 0 Å². The Morgan fingerprint density at radius 2 is 1.72 bits per heavy atom. The van der Waals surface area contributed by atoms with Gasteiger partial charge in [-0.2, -0.15) is 0 Å². The second-order valence-electron chi connectivity index (χ2n) is 7.43. The van der Waals surface area contributed by atoms with Gasteiger partial charge in [-0.3, -0.25) is 9.59 Å². The van der Waals surface area contributed by atoms with Crippen LogP contribution in [0.3, 0.4) is 0 Å². The third-order valence-electron chi connectivity index (χ3n) is 5.39. The fourth-order valence-corrected chi connectivity index (χ4v) is 4.29. The van der Waals surface area contributed by atoms with Gasteiger partial charge in [0.1, 0.15) is 5.82 Å². The molecule has 1 amide bonds. The summed E-state index contributed by atoms with van der Waals surface area (Å²) in [5.41, 5.74) is -1.84. The lowest BCUT2D eigenvalue weighted by atomic mass is 9.75. The van der Waals surface area contributed by atoms with Gasteiger partial charge in [0, 0.05) is 21.8 Å². The molecule has 0 saturated heterocycles. The zero-order valence-electron chi connectivity index (χ0n) is 16.4. The summed E-state index contributed by atoms with van der Waals surface area (Å²) in [7, 11) is 1.18. The molecule has 1 unspecified atom stereocenters. The second kappa shape index (κ2) is 7.47. The van der Waals surface area contributed by atoms with Gasteiger partial charge in [-0.1, -0.05) is 41.4 Å². The van der Waals surface area contributed by atoms with Crippen LogP contribution in [0.4, 0.5) is 4.39 Å². The number of carbonyl (C=O) groups excluding carboxylic acids is 2. The van der Waals surface area contributed by atoms with Crippen LogP contribution in [0, 0.1) is 5.82 Å². The summed E-state index contributed by atoms with van der Waals surface area (Å²) in [5, 5.41) is 0.836. The first-order valence-electron chi connectivity index (χ1n) is 8.89. The van der Waals surface area contributed by atoms with Crippen molar-refractivity contribution in [2.24, 2.45) is 0 Å². The van der Waals surface area contributed by atoms with E-state index in [1.165, 1.54) is 30.2 Å². The Morgan fingerprint density at radius 3 is 2.28 bits per heavy atom. The van der Waals surface area contributed by atoms with Crippen LogP contribution in [0.1, 0.15) is 31.9 Å². The molecule has 2 aromatic carbocycles. The molecule has 0 fully saturated rings. The van der Waals surface area contributed by atoms with Crippen molar-refractivity contribution in [3.05, 3.63) is 81.2 Å². The van der Waals surface area contributed by atoms with Crippen LogP contribution >= 0.6 is 23.2 Å². The Bertz CT molecular complexity index is 1010. The van der Waals surface area contributed by atoms with Crippen molar-refractivity contribution in [1.29, 1.82) is 0 Å². The quantitative estimate of drug-likeness (QED) is 0.488. The van der Waals surface area contributed by atoms with Crippen molar-refractivity contribution in [3.8, 4) is 0 Å². The molecule has 0 bridgehead atoms. The van der Waals surface area contributed by atoms with Crippen LogP contribution in [0.2, 0.25) is 10.0 Å². The first-order valence-corrected chi connectivity index (χ1v) is 9.65. The summed E-state index contributed by atoms with van der Waals surface area (Å²) in [5.74, 6) is -2.11. The minimum atomic E-state index is -1.90. The van der Waals surface area contributed by atoms with E-state index in [1.54, 1.807) is 51.2 Å². The first kappa shape index (κ1) is 21.3. The number of methoxy groups -OCH3 is 1. The van der Waals surface area contributed by atoms with Gasteiger partial charge in [0.2, 0.25) is 0 Å². The minimum Gasteiger partial charge on any atom is -0.468 e. The monoisotopic (exact) mass is 435 g/mol. The van der Waals surface area contributed by atoms with E-state index >= 15 is 0 Å². The zero-order valence-corrected chi connectivity index (χ0v) is 17.9. The van der Waals surface area contributed by atoms with E-state index in [2.05, 4.69) is 0 Å². The largest absolute Gasteiger partial charge is 0.468 e. The van der Waals surface area contributed by atoms with Crippen molar-refractivity contribution in [2.75, 3.05) is 7.11 Å². The summed E-state index contributed by atoms with van der Waals surface area (Å²) in [4.78, 5) is 28.0. The van der Waals surface area contributed by atoms with Crippen LogP contribution in [-0.2, 0) is 25.3 Å². The summed E-state index contributed by atoms with van der Waals surface area (Å²) < 4.78 is 19.7. The number of rotatable bonds is 4. The zero-order chi connectivity index (χ0) is 21.6. The Labute approximate surface area is 178 Å². The van der Waals surface area contributed by atoms with Crippen molar-refractivity contribution >= 4 is 35.1 Å². The van der Waals surface area contributed by atoms with E-state index in [1.807, 2.05) is 0 Å². The molecule has 1 aliphatic heterocycles. The highest BCUT2D eigenvalue weighted by atomic mass is 35.5. The normalized spacial score (nSPS) is 19.3. The van der Waals surface area contributed by atoms with E-state index < -0.39 is 28.6 Å². The molecule has 0 radical (unpaired) electrons. The number of nitrogens with zero attached hydrogens (tertiary/aromatic N) is 1. The maximum absolute atomic E-state index is 14.7. The molecular weight excluding hydrogens is 416 g/mol. The van der Waals surface area contributed by atoms with Crippen LogP contribution in [0.5, 0.6) is 0 Å². The summed E-state index contributed by atoms with van der Waals surface area (Å²) in [6.07, 6.45) is 1.56. The average molecular weight is 436 g/mol. The number of carbonyl (C=O) groups is 2. The summed E-state index contributed by atoms with van der Waals surface area (Å²) in [6.45, 7) is 5.21. The van der Waals surface area contributed by atoms with Gasteiger partial charge >= 0.3 is 5.97 Å². The molecule has 0 aliphatic carbocycles. The van der Waals surface area contributed by atoms with Gasteiger partial charge in [0.25, 0.3) is 5.91 Å². The van der Waals surface area contributed by atoms with Crippen molar-refractivity contribution < 1.29 is 18.7 Å². The molecule has 152 valence electrons. The highest BCUT2D eigenvalue weighted by Gasteiger charge is 2.59. The molecule has 1 atom stereocenters. The maximum Gasteiger partial charge on any atom is 0.330 e. The molecule has 1 heterocycles. The van der Waals surface area contributed by atoms with Crippen LogP contribution in [-0.4, -0.2) is 23.9 Å². The third kappa shape index (κ3) is 3.22. The van der Waals surface area contributed by atoms with E-state index in [4.69, 9.17) is 27.9 Å². The SMILES string of the molecule is COC(=O)C1(c2ccccc2F)C(=O)N(C(C)(C)c2cc(Cl)cc(Cl)c2)C=C1C. The van der Waals surface area contributed by atoms with E-state index in [0.29, 0.717) is 21.2 Å². The maximum atomic E-state index is 14.7. The number of amides is 1. The van der Waals surface area contributed by atoms with Gasteiger partial charge in [-0.05, 0) is 56.2 Å². The van der Waals surface area contributed by atoms with Gasteiger partial charge in [-0.25, -0.2) is 4.39 Å². The average Bonchev–Trinajstić information content (AvgIpc) is 2.93. The smallest absolute Gasteiger partial charge is 0.330 e. The Balaban J connectivity index is 2.20. The highest BCUT2D eigenvalue weighted by Crippen LogP contribution is 2.46. The molecule has 0 aromatic heterocycles. The number of hydrogen-bond acceptors (Lipinski definition) is 3. The molecule has 0 N–H and O–H groups in total. The Kier molecular flexibility index (Phi) is 5.50. The predicted molar refractivity (Wildman–Crippen MR) is 110 cm³/mol. The van der Waals surface area contributed by atoms with E-state index in [9.17, 15) is 14.0 Å². The highest BCUT2D eigenvalue weighted by molar-refractivity contribution is 6.34. The molecule has 29 heavy (non-hydrogen) atoms. The molecule has 7 heteroatoms. The Hall–Kier alpha value is -2.37. The molecular formula is C22H20Cl2FNO3. The van der Waals surface area contributed by atoms with Gasteiger partial charge in [0.15, 0.2) is 5.41 Å². The van der Waals surface area contributed by atoms with E-state index in [-0.39, 0.29) is 5.56 Å². The van der Waals surface area contributed by atoms with Crippen LogP contribution < -0.4 is 0 Å². The third-order valence-corrected chi connectivity index (χ3v) is 5.83. The lowest BCUT2D eigenvalue weighted by molar-refractivity contribution is -0.153. The molecule has 0 saturated carbocycles. The number of ether oxygens (including phenoxy) is 1. The number of hydrogen-bond donors (Lipinski definition) is 0. The standard InChI is InChI=1S/C22H20Cl2FNO3/c1-13-12-26(21(2,3)14-9-15(23)11-16(24)10-14)19(27)22(13,20(28)29-4)17-7-5-6-8-18(17)25/h5-12H,1-4H3. The minimum absolute atomic E-state index is 0.0481. The van der Waals surface area contributed by atoms with Crippen LogP contribution in [0.25, 0.3) is 0 Å². The van der Waals surface area contributed by atoms with Crippen LogP contribution in [0.15, 0.2) is 54.2 Å². The lowest BCUT2D eigenvalue weighted by Gasteiger charge is -2.37. The molecule has 1 aliphatic rings.